The molecule has 1 amide bonds. The van der Waals surface area contributed by atoms with Gasteiger partial charge in [0.1, 0.15) is 0 Å². The van der Waals surface area contributed by atoms with E-state index in [1.54, 1.807) is 12.4 Å². The van der Waals surface area contributed by atoms with E-state index in [-0.39, 0.29) is 17.9 Å². The van der Waals surface area contributed by atoms with Crippen molar-refractivity contribution in [2.24, 2.45) is 0 Å². The molecule has 6 heteroatoms. The number of piperidine rings is 1. The van der Waals surface area contributed by atoms with Gasteiger partial charge < -0.3 is 10.6 Å². The smallest absolute Gasteiger partial charge is 0.258 e. The molecule has 2 aromatic heterocycles. The Balaban J connectivity index is 1.74. The molecule has 1 aliphatic heterocycles. The fourth-order valence-corrected chi connectivity index (χ4v) is 3.62. The SMILES string of the molecule is Nc1ncc(C(=O)N2CCCC[C@@H]2c2cccnc2)c(-c2ccccc2)n1. The quantitative estimate of drug-likeness (QED) is 0.774. The summed E-state index contributed by atoms with van der Waals surface area (Å²) in [4.78, 5) is 28.1. The van der Waals surface area contributed by atoms with Gasteiger partial charge in [0.05, 0.1) is 17.3 Å². The second-order valence-electron chi connectivity index (χ2n) is 6.65. The van der Waals surface area contributed by atoms with E-state index in [1.165, 1.54) is 0 Å². The molecule has 6 nitrogen and oxygen atoms in total. The zero-order chi connectivity index (χ0) is 18.6. The lowest BCUT2D eigenvalue weighted by Gasteiger charge is -2.36. The lowest BCUT2D eigenvalue weighted by Crippen LogP contribution is -2.39. The van der Waals surface area contributed by atoms with Crippen molar-refractivity contribution in [3.63, 3.8) is 0 Å². The number of nitrogen functional groups attached to an aromatic ring is 1. The zero-order valence-electron chi connectivity index (χ0n) is 15.0. The third-order valence-corrected chi connectivity index (χ3v) is 4.92. The monoisotopic (exact) mass is 359 g/mol. The first-order chi connectivity index (χ1) is 13.2. The van der Waals surface area contributed by atoms with Crippen molar-refractivity contribution in [3.05, 3.63) is 72.2 Å². The summed E-state index contributed by atoms with van der Waals surface area (Å²) in [7, 11) is 0. The van der Waals surface area contributed by atoms with E-state index in [0.29, 0.717) is 17.8 Å². The van der Waals surface area contributed by atoms with Gasteiger partial charge in [-0.25, -0.2) is 9.97 Å². The predicted molar refractivity (Wildman–Crippen MR) is 104 cm³/mol. The molecular weight excluding hydrogens is 338 g/mol. The number of hydrogen-bond acceptors (Lipinski definition) is 5. The van der Waals surface area contributed by atoms with E-state index in [9.17, 15) is 4.79 Å². The maximum Gasteiger partial charge on any atom is 0.258 e. The minimum absolute atomic E-state index is 0.0149. The predicted octanol–water partition coefficient (Wildman–Crippen LogP) is 3.49. The zero-order valence-corrected chi connectivity index (χ0v) is 15.0. The molecule has 4 rings (SSSR count). The highest BCUT2D eigenvalue weighted by molar-refractivity contribution is 6.00. The number of carbonyl (C=O) groups is 1. The fraction of sp³-hybridized carbons (Fsp3) is 0.238. The Bertz CT molecular complexity index is 930. The number of hydrogen-bond donors (Lipinski definition) is 1. The van der Waals surface area contributed by atoms with Gasteiger partial charge in [0.15, 0.2) is 0 Å². The number of nitrogens with zero attached hydrogens (tertiary/aromatic N) is 4. The van der Waals surface area contributed by atoms with Crippen molar-refractivity contribution in [1.29, 1.82) is 0 Å². The average molecular weight is 359 g/mol. The van der Waals surface area contributed by atoms with Gasteiger partial charge in [-0.3, -0.25) is 9.78 Å². The van der Waals surface area contributed by atoms with Crippen LogP contribution >= 0.6 is 0 Å². The maximum atomic E-state index is 13.5. The third kappa shape index (κ3) is 3.51. The lowest BCUT2D eigenvalue weighted by molar-refractivity contribution is 0.0611. The standard InChI is InChI=1S/C21H21N5O/c22-21-24-14-17(19(25-21)15-7-2-1-3-8-15)20(27)26-12-5-4-10-18(26)16-9-6-11-23-13-16/h1-3,6-9,11,13-14,18H,4-5,10,12H2,(H2,22,24,25)/t18-/m1/s1. The Kier molecular flexibility index (Phi) is 4.78. The van der Waals surface area contributed by atoms with Crippen LogP contribution in [0.4, 0.5) is 5.95 Å². The van der Waals surface area contributed by atoms with Gasteiger partial charge in [-0.2, -0.15) is 0 Å². The number of amides is 1. The topological polar surface area (TPSA) is 85.0 Å². The number of nitrogens with two attached hydrogens (primary N) is 1. The van der Waals surface area contributed by atoms with Crippen molar-refractivity contribution in [3.8, 4) is 11.3 Å². The van der Waals surface area contributed by atoms with Crippen LogP contribution < -0.4 is 5.73 Å². The molecule has 0 bridgehead atoms. The summed E-state index contributed by atoms with van der Waals surface area (Å²) in [6, 6.07) is 13.6. The van der Waals surface area contributed by atoms with Crippen LogP contribution in [-0.4, -0.2) is 32.3 Å². The first-order valence-electron chi connectivity index (χ1n) is 9.13. The molecular formula is C21H21N5O. The number of aromatic nitrogens is 3. The summed E-state index contributed by atoms with van der Waals surface area (Å²) in [5.74, 6) is 0.0928. The molecule has 0 saturated carbocycles. The number of likely N-dealkylation sites (tertiary alicyclic amines) is 1. The van der Waals surface area contributed by atoms with Gasteiger partial charge in [0.2, 0.25) is 5.95 Å². The number of pyridine rings is 1. The van der Waals surface area contributed by atoms with Crippen molar-refractivity contribution in [2.75, 3.05) is 12.3 Å². The van der Waals surface area contributed by atoms with Gasteiger partial charge in [-0.1, -0.05) is 36.4 Å². The first kappa shape index (κ1) is 17.1. The molecule has 3 aromatic rings. The maximum absolute atomic E-state index is 13.5. The van der Waals surface area contributed by atoms with E-state index in [1.807, 2.05) is 53.6 Å². The molecule has 1 atom stereocenters. The molecule has 0 radical (unpaired) electrons. The number of rotatable bonds is 3. The highest BCUT2D eigenvalue weighted by atomic mass is 16.2. The third-order valence-electron chi connectivity index (χ3n) is 4.92. The van der Waals surface area contributed by atoms with Crippen LogP contribution in [-0.2, 0) is 0 Å². The van der Waals surface area contributed by atoms with Crippen LogP contribution in [0.2, 0.25) is 0 Å². The summed E-state index contributed by atoms with van der Waals surface area (Å²) in [5.41, 5.74) is 8.77. The average Bonchev–Trinajstić information content (AvgIpc) is 2.74. The fourth-order valence-electron chi connectivity index (χ4n) is 3.62. The summed E-state index contributed by atoms with van der Waals surface area (Å²) in [6.07, 6.45) is 8.13. The van der Waals surface area contributed by atoms with Gasteiger partial charge in [-0.05, 0) is 30.9 Å². The van der Waals surface area contributed by atoms with Crippen LogP contribution in [0.1, 0.15) is 41.2 Å². The van der Waals surface area contributed by atoms with Gasteiger partial charge in [0.25, 0.3) is 5.91 Å². The number of benzene rings is 1. The minimum Gasteiger partial charge on any atom is -0.368 e. The molecule has 1 aromatic carbocycles. The molecule has 0 aliphatic carbocycles. The number of anilines is 1. The Labute approximate surface area is 158 Å². The largest absolute Gasteiger partial charge is 0.368 e. The van der Waals surface area contributed by atoms with Crippen molar-refractivity contribution >= 4 is 11.9 Å². The van der Waals surface area contributed by atoms with Crippen LogP contribution in [0.25, 0.3) is 11.3 Å². The van der Waals surface area contributed by atoms with Crippen molar-refractivity contribution < 1.29 is 4.79 Å². The van der Waals surface area contributed by atoms with Crippen molar-refractivity contribution in [1.82, 2.24) is 19.9 Å². The molecule has 1 saturated heterocycles. The molecule has 136 valence electrons. The van der Waals surface area contributed by atoms with Crippen molar-refractivity contribution in [2.45, 2.75) is 25.3 Å². The Morgan fingerprint density at radius 1 is 1.07 bits per heavy atom. The molecule has 3 heterocycles. The van der Waals surface area contributed by atoms with Gasteiger partial charge in [-0.15, -0.1) is 0 Å². The highest BCUT2D eigenvalue weighted by Gasteiger charge is 2.30. The van der Waals surface area contributed by atoms with E-state index < -0.39 is 0 Å². The molecule has 1 fully saturated rings. The van der Waals surface area contributed by atoms with E-state index in [2.05, 4.69) is 15.0 Å². The molecule has 1 aliphatic rings. The second kappa shape index (κ2) is 7.53. The summed E-state index contributed by atoms with van der Waals surface area (Å²) in [6.45, 7) is 0.705. The highest BCUT2D eigenvalue weighted by Crippen LogP contribution is 2.33. The number of carbonyl (C=O) groups excluding carboxylic acids is 1. The first-order valence-corrected chi connectivity index (χ1v) is 9.13. The molecule has 0 spiro atoms. The minimum atomic E-state index is -0.0672. The normalized spacial score (nSPS) is 16.9. The lowest BCUT2D eigenvalue weighted by atomic mass is 9.95. The Morgan fingerprint density at radius 2 is 1.93 bits per heavy atom. The summed E-state index contributed by atoms with van der Waals surface area (Å²) >= 11 is 0. The van der Waals surface area contributed by atoms with Crippen LogP contribution in [0, 0.1) is 0 Å². The second-order valence-corrected chi connectivity index (χ2v) is 6.65. The van der Waals surface area contributed by atoms with E-state index in [0.717, 1.165) is 30.4 Å². The van der Waals surface area contributed by atoms with Crippen LogP contribution in [0.3, 0.4) is 0 Å². The van der Waals surface area contributed by atoms with E-state index >= 15 is 0 Å². The molecule has 2 N–H and O–H groups in total. The van der Waals surface area contributed by atoms with Gasteiger partial charge >= 0.3 is 0 Å². The van der Waals surface area contributed by atoms with E-state index in [4.69, 9.17) is 5.73 Å². The Hall–Kier alpha value is -3.28. The summed E-state index contributed by atoms with van der Waals surface area (Å²) in [5, 5.41) is 0. The Morgan fingerprint density at radius 3 is 2.70 bits per heavy atom. The molecule has 0 unspecified atom stereocenters. The molecule has 27 heavy (non-hydrogen) atoms. The van der Waals surface area contributed by atoms with Crippen LogP contribution in [0.5, 0.6) is 0 Å². The van der Waals surface area contributed by atoms with Crippen LogP contribution in [0.15, 0.2) is 61.1 Å². The summed E-state index contributed by atoms with van der Waals surface area (Å²) < 4.78 is 0. The van der Waals surface area contributed by atoms with Gasteiger partial charge in [0, 0.05) is 30.7 Å².